The van der Waals surface area contributed by atoms with E-state index in [1.165, 1.54) is 18.5 Å². The van der Waals surface area contributed by atoms with Crippen LogP contribution >= 0.6 is 11.6 Å². The van der Waals surface area contributed by atoms with Gasteiger partial charge < -0.3 is 10.0 Å². The number of aromatic nitrogens is 2. The van der Waals surface area contributed by atoms with Crippen LogP contribution in [0.4, 0.5) is 5.69 Å². The molecule has 5 rings (SSSR count). The highest BCUT2D eigenvalue weighted by molar-refractivity contribution is 7.93. The number of nitrogens with one attached hydrogen (secondary N) is 1. The predicted octanol–water partition coefficient (Wildman–Crippen LogP) is 4.21. The van der Waals surface area contributed by atoms with Crippen LogP contribution in [0.15, 0.2) is 84.0 Å². The Balaban J connectivity index is 1.27. The van der Waals surface area contributed by atoms with Crippen LogP contribution < -0.4 is 4.72 Å². The Kier molecular flexibility index (Phi) is 6.38. The molecule has 184 valence electrons. The van der Waals surface area contributed by atoms with E-state index in [4.69, 9.17) is 11.6 Å². The molecular weight excluding hydrogens is 500 g/mol. The molecule has 36 heavy (non-hydrogen) atoms. The smallest absolute Gasteiger partial charge is 0.264 e. The summed E-state index contributed by atoms with van der Waals surface area (Å²) >= 11 is 6.27. The maximum atomic E-state index is 13.0. The molecule has 1 aliphatic heterocycles. The first-order valence-electron chi connectivity index (χ1n) is 11.4. The van der Waals surface area contributed by atoms with Crippen LogP contribution in [0.25, 0.3) is 11.0 Å². The van der Waals surface area contributed by atoms with Gasteiger partial charge in [-0.3, -0.25) is 19.5 Å². The Bertz CT molecular complexity index is 1530. The Hall–Kier alpha value is -3.53. The Labute approximate surface area is 213 Å². The number of rotatable bonds is 5. The van der Waals surface area contributed by atoms with Crippen molar-refractivity contribution in [3.05, 3.63) is 95.3 Å². The number of para-hydroxylation sites is 1. The van der Waals surface area contributed by atoms with Crippen LogP contribution in [0.3, 0.4) is 0 Å². The van der Waals surface area contributed by atoms with Gasteiger partial charge in [-0.05, 0) is 55.3 Å². The molecule has 1 aromatic heterocycles. The summed E-state index contributed by atoms with van der Waals surface area (Å²) in [5, 5.41) is 11.6. The maximum absolute atomic E-state index is 13.0. The summed E-state index contributed by atoms with van der Waals surface area (Å²) in [5.41, 5.74) is 1.10. The second kappa shape index (κ2) is 9.50. The highest BCUT2D eigenvalue weighted by atomic mass is 35.5. The van der Waals surface area contributed by atoms with Gasteiger partial charge in [0.25, 0.3) is 15.9 Å². The van der Waals surface area contributed by atoms with E-state index in [0.717, 1.165) is 0 Å². The minimum absolute atomic E-state index is 0.0209. The number of amides is 1. The molecule has 8 nitrogen and oxygen atoms in total. The third-order valence-corrected chi connectivity index (χ3v) is 8.13. The highest BCUT2D eigenvalue weighted by Gasteiger charge is 2.37. The summed E-state index contributed by atoms with van der Waals surface area (Å²) in [5.74, 6) is -0.185. The summed E-state index contributed by atoms with van der Waals surface area (Å²) in [4.78, 5) is 23.0. The standard InChI is InChI=1S/C26H23ClN4O4S/c27-21-5-2-1-4-20(21)26(33)12-16-31(17-13-26)25(32)18-8-10-19(11-9-18)30-36(34,35)23-7-3-6-22-24(23)29-15-14-28-22/h1-11,14-15,30,33H,12-13,16-17H2. The number of nitrogens with zero attached hydrogens (tertiary/aromatic N) is 3. The average molecular weight is 523 g/mol. The van der Waals surface area contributed by atoms with E-state index in [-0.39, 0.29) is 16.3 Å². The quantitative estimate of drug-likeness (QED) is 0.406. The van der Waals surface area contributed by atoms with E-state index < -0.39 is 15.6 Å². The van der Waals surface area contributed by atoms with Crippen LogP contribution in [0.2, 0.25) is 5.02 Å². The lowest BCUT2D eigenvalue weighted by Gasteiger charge is -2.39. The number of hydrogen-bond donors (Lipinski definition) is 2. The van der Waals surface area contributed by atoms with Crippen molar-refractivity contribution in [3.63, 3.8) is 0 Å². The molecule has 1 amide bonds. The van der Waals surface area contributed by atoms with Gasteiger partial charge in [0.2, 0.25) is 0 Å². The monoisotopic (exact) mass is 522 g/mol. The Morgan fingerprint density at radius 2 is 1.64 bits per heavy atom. The van der Waals surface area contributed by atoms with Gasteiger partial charge in [-0.25, -0.2) is 8.42 Å². The van der Waals surface area contributed by atoms with Crippen LogP contribution in [-0.2, 0) is 15.6 Å². The van der Waals surface area contributed by atoms with Crippen molar-refractivity contribution in [2.24, 2.45) is 0 Å². The van der Waals surface area contributed by atoms with Gasteiger partial charge in [0.05, 0.1) is 11.1 Å². The second-order valence-corrected chi connectivity index (χ2v) is 10.7. The lowest BCUT2D eigenvalue weighted by Crippen LogP contribution is -2.45. The minimum Gasteiger partial charge on any atom is -0.385 e. The molecule has 0 bridgehead atoms. The van der Waals surface area contributed by atoms with E-state index in [0.29, 0.717) is 53.3 Å². The number of aliphatic hydroxyl groups is 1. The first kappa shape index (κ1) is 24.2. The third-order valence-electron chi connectivity index (χ3n) is 6.39. The van der Waals surface area contributed by atoms with Gasteiger partial charge >= 0.3 is 0 Å². The normalized spacial score (nSPS) is 15.6. The Morgan fingerprint density at radius 1 is 0.944 bits per heavy atom. The van der Waals surface area contributed by atoms with Crippen LogP contribution in [0, 0.1) is 0 Å². The fourth-order valence-electron chi connectivity index (χ4n) is 4.44. The summed E-state index contributed by atoms with van der Waals surface area (Å²) in [6, 6.07) is 18.2. The molecular formula is C26H23ClN4O4S. The van der Waals surface area contributed by atoms with Crippen molar-refractivity contribution in [3.8, 4) is 0 Å². The van der Waals surface area contributed by atoms with Crippen molar-refractivity contribution >= 4 is 44.3 Å². The first-order valence-corrected chi connectivity index (χ1v) is 13.2. The number of fused-ring (bicyclic) bond motifs is 1. The largest absolute Gasteiger partial charge is 0.385 e. The number of hydrogen-bond acceptors (Lipinski definition) is 6. The molecule has 0 unspecified atom stereocenters. The average Bonchev–Trinajstić information content (AvgIpc) is 2.89. The first-order chi connectivity index (χ1) is 17.3. The van der Waals surface area contributed by atoms with Crippen molar-refractivity contribution in [1.82, 2.24) is 14.9 Å². The highest BCUT2D eigenvalue weighted by Crippen LogP contribution is 2.37. The van der Waals surface area contributed by atoms with Gasteiger partial charge in [0.1, 0.15) is 10.4 Å². The van der Waals surface area contributed by atoms with E-state index in [1.807, 2.05) is 18.2 Å². The van der Waals surface area contributed by atoms with Gasteiger partial charge in [0, 0.05) is 47.3 Å². The number of carbonyl (C=O) groups excluding carboxylic acids is 1. The van der Waals surface area contributed by atoms with Crippen molar-refractivity contribution in [2.75, 3.05) is 17.8 Å². The van der Waals surface area contributed by atoms with Crippen LogP contribution in [0.5, 0.6) is 0 Å². The van der Waals surface area contributed by atoms with E-state index in [9.17, 15) is 18.3 Å². The number of likely N-dealkylation sites (tertiary alicyclic amines) is 1. The third kappa shape index (κ3) is 4.65. The van der Waals surface area contributed by atoms with Crippen LogP contribution in [0.1, 0.15) is 28.8 Å². The zero-order valence-electron chi connectivity index (χ0n) is 19.1. The van der Waals surface area contributed by atoms with Gasteiger partial charge in [-0.2, -0.15) is 0 Å². The lowest BCUT2D eigenvalue weighted by atomic mass is 9.84. The fourth-order valence-corrected chi connectivity index (χ4v) is 5.98. The molecule has 0 radical (unpaired) electrons. The Morgan fingerprint density at radius 3 is 2.36 bits per heavy atom. The zero-order chi connectivity index (χ0) is 25.3. The SMILES string of the molecule is O=C(c1ccc(NS(=O)(=O)c2cccc3nccnc23)cc1)N1CCC(O)(c2ccccc2Cl)CC1. The number of sulfonamides is 1. The molecule has 10 heteroatoms. The molecule has 3 aromatic carbocycles. The molecule has 0 atom stereocenters. The molecule has 1 saturated heterocycles. The second-order valence-electron chi connectivity index (χ2n) is 8.67. The maximum Gasteiger partial charge on any atom is 0.264 e. The van der Waals surface area contributed by atoms with Gasteiger partial charge in [-0.1, -0.05) is 35.9 Å². The molecule has 0 spiro atoms. The molecule has 2 N–H and O–H groups in total. The molecule has 4 aromatic rings. The summed E-state index contributed by atoms with van der Waals surface area (Å²) in [6.07, 6.45) is 3.68. The molecule has 0 saturated carbocycles. The number of anilines is 1. The fraction of sp³-hybridized carbons (Fsp3) is 0.192. The van der Waals surface area contributed by atoms with Gasteiger partial charge in [-0.15, -0.1) is 0 Å². The number of piperidine rings is 1. The van der Waals surface area contributed by atoms with E-state index in [2.05, 4.69) is 14.7 Å². The molecule has 1 aliphatic rings. The van der Waals surface area contributed by atoms with Gasteiger partial charge in [0.15, 0.2) is 0 Å². The number of benzene rings is 3. The van der Waals surface area contributed by atoms with Crippen molar-refractivity contribution in [2.45, 2.75) is 23.3 Å². The number of carbonyl (C=O) groups is 1. The predicted molar refractivity (Wildman–Crippen MR) is 137 cm³/mol. The topological polar surface area (TPSA) is 112 Å². The molecule has 1 fully saturated rings. The van der Waals surface area contributed by atoms with Crippen molar-refractivity contribution < 1.29 is 18.3 Å². The number of halogens is 1. The lowest BCUT2D eigenvalue weighted by molar-refractivity contribution is -0.0210. The molecule has 2 heterocycles. The summed E-state index contributed by atoms with van der Waals surface area (Å²) in [7, 11) is -3.92. The summed E-state index contributed by atoms with van der Waals surface area (Å²) in [6.45, 7) is 0.744. The van der Waals surface area contributed by atoms with E-state index in [1.54, 1.807) is 47.4 Å². The summed E-state index contributed by atoms with van der Waals surface area (Å²) < 4.78 is 28.5. The van der Waals surface area contributed by atoms with Crippen molar-refractivity contribution in [1.29, 1.82) is 0 Å². The minimum atomic E-state index is -3.92. The molecule has 0 aliphatic carbocycles. The zero-order valence-corrected chi connectivity index (χ0v) is 20.7. The van der Waals surface area contributed by atoms with Crippen LogP contribution in [-0.4, -0.2) is 47.4 Å². The van der Waals surface area contributed by atoms with E-state index >= 15 is 0 Å².